The lowest BCUT2D eigenvalue weighted by Crippen LogP contribution is -2.43. The Hall–Kier alpha value is -1.69. The van der Waals surface area contributed by atoms with Crippen molar-refractivity contribution < 1.29 is 31.6 Å². The van der Waals surface area contributed by atoms with Crippen LogP contribution in [0.15, 0.2) is 11.6 Å². The molecule has 11 heteroatoms. The van der Waals surface area contributed by atoms with E-state index in [4.69, 9.17) is 9.29 Å². The van der Waals surface area contributed by atoms with Crippen molar-refractivity contribution in [2.45, 2.75) is 12.1 Å². The van der Waals surface area contributed by atoms with Crippen LogP contribution in [0.1, 0.15) is 0 Å². The summed E-state index contributed by atoms with van der Waals surface area (Å²) in [6.07, 6.45) is 1.52. The number of urea groups is 1. The third-order valence-corrected chi connectivity index (χ3v) is 3.57. The highest BCUT2D eigenvalue weighted by Crippen LogP contribution is 2.31. The summed E-state index contributed by atoms with van der Waals surface area (Å²) in [5.74, 6) is -0.473. The molecule has 1 fully saturated rings. The van der Waals surface area contributed by atoms with Crippen molar-refractivity contribution in [1.82, 2.24) is 15.3 Å². The summed E-state index contributed by atoms with van der Waals surface area (Å²) in [5, 5.41) is 2.88. The highest BCUT2D eigenvalue weighted by Gasteiger charge is 2.49. The van der Waals surface area contributed by atoms with Gasteiger partial charge in [0.2, 0.25) is 5.91 Å². The van der Waals surface area contributed by atoms with E-state index in [-0.39, 0.29) is 18.7 Å². The summed E-state index contributed by atoms with van der Waals surface area (Å²) in [6.45, 7) is 0.195. The van der Waals surface area contributed by atoms with Crippen molar-refractivity contribution in [3.05, 3.63) is 11.6 Å². The third-order valence-electron chi connectivity index (χ3n) is 3.22. The van der Waals surface area contributed by atoms with Gasteiger partial charge in [0.05, 0.1) is 19.2 Å². The smallest absolute Gasteiger partial charge is 0.382 e. The first-order valence-corrected chi connectivity index (χ1v) is 7.34. The predicted octanol–water partition coefficient (Wildman–Crippen LogP) is -1.47. The molecule has 0 aromatic rings. The topological polar surface area (TPSA) is 125 Å². The van der Waals surface area contributed by atoms with Crippen molar-refractivity contribution in [3.63, 3.8) is 0 Å². The molecular formula is C10H15N3O7S. The average Bonchev–Trinajstić information content (AvgIpc) is 2.66. The highest BCUT2D eigenvalue weighted by atomic mass is 32.3. The lowest BCUT2D eigenvalue weighted by molar-refractivity contribution is -0.118. The van der Waals surface area contributed by atoms with E-state index in [1.54, 1.807) is 0 Å². The fourth-order valence-corrected chi connectivity index (χ4v) is 2.74. The summed E-state index contributed by atoms with van der Waals surface area (Å²) in [6, 6.07) is -2.22. The Morgan fingerprint density at radius 1 is 1.57 bits per heavy atom. The number of hydroxylamine groups is 2. The van der Waals surface area contributed by atoms with Gasteiger partial charge in [-0.15, -0.1) is 4.28 Å². The fourth-order valence-electron chi connectivity index (χ4n) is 2.37. The number of hydrogen-bond donors (Lipinski definition) is 2. The van der Waals surface area contributed by atoms with Gasteiger partial charge in [0.25, 0.3) is 0 Å². The molecule has 118 valence electrons. The Kier molecular flexibility index (Phi) is 4.18. The first kappa shape index (κ1) is 15.7. The number of hydrogen-bond acceptors (Lipinski definition) is 6. The molecule has 1 saturated heterocycles. The third kappa shape index (κ3) is 3.00. The first-order chi connectivity index (χ1) is 9.78. The van der Waals surface area contributed by atoms with Gasteiger partial charge in [-0.1, -0.05) is 0 Å². The normalized spacial score (nSPS) is 25.1. The van der Waals surface area contributed by atoms with Gasteiger partial charge < -0.3 is 15.0 Å². The summed E-state index contributed by atoms with van der Waals surface area (Å²) in [5.41, 5.74) is 0.172. The maximum Gasteiger partial charge on any atom is 0.418 e. The molecule has 2 atom stereocenters. The van der Waals surface area contributed by atoms with Crippen molar-refractivity contribution in [3.8, 4) is 0 Å². The molecule has 3 amide bonds. The summed E-state index contributed by atoms with van der Waals surface area (Å²) in [4.78, 5) is 25.3. The number of likely N-dealkylation sites (N-methyl/N-ethyl adjacent to an activating group) is 1. The minimum Gasteiger partial charge on any atom is -0.382 e. The molecule has 0 aliphatic carbocycles. The van der Waals surface area contributed by atoms with E-state index in [2.05, 4.69) is 9.60 Å². The molecule has 21 heavy (non-hydrogen) atoms. The number of ether oxygens (including phenoxy) is 1. The largest absolute Gasteiger partial charge is 0.418 e. The predicted molar refractivity (Wildman–Crippen MR) is 68.2 cm³/mol. The highest BCUT2D eigenvalue weighted by molar-refractivity contribution is 7.80. The van der Waals surface area contributed by atoms with E-state index in [1.165, 1.54) is 25.1 Å². The molecule has 2 rings (SSSR count). The summed E-state index contributed by atoms with van der Waals surface area (Å²) < 4.78 is 39.7. The van der Waals surface area contributed by atoms with Crippen LogP contribution in [0.5, 0.6) is 0 Å². The molecule has 0 aromatic carbocycles. The molecule has 2 aliphatic heterocycles. The SMILES string of the molecule is CNC(=O)C1=C[C@@H](COC)N2C[C@@H]1N(OS(=O)(=O)O)C2=O. The second kappa shape index (κ2) is 5.60. The van der Waals surface area contributed by atoms with Crippen LogP contribution in [-0.2, 0) is 24.2 Å². The quantitative estimate of drug-likeness (QED) is 0.592. The van der Waals surface area contributed by atoms with Gasteiger partial charge in [-0.25, -0.2) is 4.79 Å². The number of fused-ring (bicyclic) bond motifs is 2. The minimum atomic E-state index is -4.88. The molecule has 0 saturated carbocycles. The van der Waals surface area contributed by atoms with E-state index >= 15 is 0 Å². The Morgan fingerprint density at radius 3 is 2.76 bits per heavy atom. The van der Waals surface area contributed by atoms with Gasteiger partial charge in [0.1, 0.15) is 6.04 Å². The number of nitrogens with one attached hydrogen (secondary N) is 1. The first-order valence-electron chi connectivity index (χ1n) is 5.98. The van der Waals surface area contributed by atoms with Gasteiger partial charge >= 0.3 is 16.4 Å². The van der Waals surface area contributed by atoms with Crippen LogP contribution in [0.25, 0.3) is 0 Å². The number of nitrogens with zero attached hydrogens (tertiary/aromatic N) is 2. The van der Waals surface area contributed by atoms with Gasteiger partial charge in [-0.05, 0) is 6.08 Å². The Balaban J connectivity index is 2.37. The molecule has 2 bridgehead atoms. The van der Waals surface area contributed by atoms with Crippen molar-refractivity contribution in [2.75, 3.05) is 27.3 Å². The zero-order valence-electron chi connectivity index (χ0n) is 11.3. The lowest BCUT2D eigenvalue weighted by Gasteiger charge is -2.28. The molecule has 0 aromatic heterocycles. The van der Waals surface area contributed by atoms with Crippen LogP contribution in [-0.4, -0.2) is 74.3 Å². The van der Waals surface area contributed by atoms with Crippen LogP contribution in [0.2, 0.25) is 0 Å². The van der Waals surface area contributed by atoms with Gasteiger partial charge in [-0.2, -0.15) is 13.5 Å². The van der Waals surface area contributed by atoms with Crippen LogP contribution < -0.4 is 5.32 Å². The number of carbonyl (C=O) groups excluding carboxylic acids is 2. The van der Waals surface area contributed by atoms with Crippen molar-refractivity contribution >= 4 is 22.3 Å². The van der Waals surface area contributed by atoms with E-state index in [0.29, 0.717) is 5.06 Å². The van der Waals surface area contributed by atoms with Gasteiger partial charge in [-0.3, -0.25) is 9.35 Å². The molecule has 2 heterocycles. The summed E-state index contributed by atoms with van der Waals surface area (Å²) in [7, 11) is -2.03. The number of carbonyl (C=O) groups is 2. The molecule has 0 radical (unpaired) electrons. The minimum absolute atomic E-state index is 0.0572. The second-order valence-corrected chi connectivity index (χ2v) is 5.51. The number of methoxy groups -OCH3 is 1. The molecular weight excluding hydrogens is 306 g/mol. The lowest BCUT2D eigenvalue weighted by atomic mass is 9.99. The monoisotopic (exact) mass is 321 g/mol. The maximum atomic E-state index is 12.1. The summed E-state index contributed by atoms with van der Waals surface area (Å²) >= 11 is 0. The Morgan fingerprint density at radius 2 is 2.24 bits per heavy atom. The molecule has 2 aliphatic rings. The van der Waals surface area contributed by atoms with Gasteiger partial charge in [0.15, 0.2) is 0 Å². The van der Waals surface area contributed by atoms with E-state index in [1.807, 2.05) is 0 Å². The van der Waals surface area contributed by atoms with E-state index in [9.17, 15) is 18.0 Å². The maximum absolute atomic E-state index is 12.1. The zero-order chi connectivity index (χ0) is 15.8. The number of amides is 3. The zero-order valence-corrected chi connectivity index (χ0v) is 12.2. The van der Waals surface area contributed by atoms with E-state index in [0.717, 1.165) is 0 Å². The molecule has 10 nitrogen and oxygen atoms in total. The van der Waals surface area contributed by atoms with Crippen LogP contribution >= 0.6 is 0 Å². The van der Waals surface area contributed by atoms with E-state index < -0.39 is 34.4 Å². The Labute approximate surface area is 121 Å². The number of rotatable bonds is 5. The van der Waals surface area contributed by atoms with Gasteiger partial charge in [0, 0.05) is 19.7 Å². The standard InChI is InChI=1S/C10H15N3O7S/c1-11-9(14)7-3-6(5-19-2)12-4-8(7)13(10(12)15)20-21(16,17)18/h3,6,8H,4-5H2,1-2H3,(H,11,14)(H,16,17,18)/t6-,8-/m0/s1. The van der Waals surface area contributed by atoms with Crippen molar-refractivity contribution in [2.24, 2.45) is 0 Å². The fraction of sp³-hybridized carbons (Fsp3) is 0.600. The van der Waals surface area contributed by atoms with Crippen LogP contribution in [0, 0.1) is 0 Å². The molecule has 0 unspecified atom stereocenters. The molecule has 0 spiro atoms. The average molecular weight is 321 g/mol. The molecule has 2 N–H and O–H groups in total. The van der Waals surface area contributed by atoms with Crippen molar-refractivity contribution in [1.29, 1.82) is 0 Å². The Bertz CT molecular complexity index is 587. The van der Waals surface area contributed by atoms with Crippen LogP contribution in [0.3, 0.4) is 0 Å². The second-order valence-electron chi connectivity index (χ2n) is 4.50. The van der Waals surface area contributed by atoms with Crippen LogP contribution in [0.4, 0.5) is 4.79 Å².